The van der Waals surface area contributed by atoms with E-state index in [1.165, 1.54) is 0 Å². The molecule has 0 saturated heterocycles. The number of amidine groups is 1. The number of aryl methyl sites for hydroxylation is 1. The molecule has 0 amide bonds. The minimum Gasteiger partial charge on any atom is -0.387 e. The highest BCUT2D eigenvalue weighted by Gasteiger charge is 1.94. The first kappa shape index (κ1) is 9.52. The molecule has 2 N–H and O–H groups in total. The van der Waals surface area contributed by atoms with E-state index in [9.17, 15) is 0 Å². The van der Waals surface area contributed by atoms with Crippen molar-refractivity contribution in [2.75, 3.05) is 0 Å². The minimum absolute atomic E-state index is 0.601. The maximum absolute atomic E-state index is 5.66. The van der Waals surface area contributed by atoms with Crippen LogP contribution in [0.1, 0.15) is 12.0 Å². The molecule has 0 atom stereocenters. The molecule has 0 saturated carbocycles. The Morgan fingerprint density at radius 2 is 2.23 bits per heavy atom. The van der Waals surface area contributed by atoms with Gasteiger partial charge < -0.3 is 5.73 Å². The fourth-order valence-corrected chi connectivity index (χ4v) is 1.04. The predicted octanol–water partition coefficient (Wildman–Crippen LogP) is 2.56. The van der Waals surface area contributed by atoms with E-state index in [4.69, 9.17) is 5.73 Å². The second kappa shape index (κ2) is 4.45. The highest BCUT2D eigenvalue weighted by atomic mass is 14.9. The van der Waals surface area contributed by atoms with Gasteiger partial charge in [-0.2, -0.15) is 0 Å². The van der Waals surface area contributed by atoms with Gasteiger partial charge in [0.25, 0.3) is 0 Å². The Bertz CT molecular complexity index is 327. The van der Waals surface area contributed by atoms with E-state index in [1.54, 1.807) is 6.08 Å². The molecular weight excluding hydrogens is 160 g/mol. The van der Waals surface area contributed by atoms with Gasteiger partial charge in [-0.3, -0.25) is 0 Å². The summed E-state index contributed by atoms with van der Waals surface area (Å²) in [4.78, 5) is 4.27. The van der Waals surface area contributed by atoms with Crippen LogP contribution in [-0.2, 0) is 0 Å². The number of rotatable bonds is 3. The lowest BCUT2D eigenvalue weighted by Gasteiger charge is -2.00. The Morgan fingerprint density at radius 3 is 2.85 bits per heavy atom. The summed E-state index contributed by atoms with van der Waals surface area (Å²) in [6.45, 7) is 5.62. The number of nitrogens with two attached hydrogens (primary N) is 1. The smallest absolute Gasteiger partial charge is 0.103 e. The molecule has 0 aliphatic carbocycles. The Hall–Kier alpha value is -1.57. The molecule has 0 bridgehead atoms. The van der Waals surface area contributed by atoms with Crippen molar-refractivity contribution in [2.24, 2.45) is 10.7 Å². The van der Waals surface area contributed by atoms with Crippen molar-refractivity contribution in [2.45, 2.75) is 13.3 Å². The molecule has 0 spiro atoms. The number of aliphatic imine (C=N–C) groups is 1. The SMILES string of the molecule is C=CCC(N)=Nc1ccccc1C. The lowest BCUT2D eigenvalue weighted by molar-refractivity contribution is 1.32. The van der Waals surface area contributed by atoms with Gasteiger partial charge in [-0.05, 0) is 18.6 Å². The molecule has 0 aromatic heterocycles. The minimum atomic E-state index is 0.601. The predicted molar refractivity (Wildman–Crippen MR) is 57.3 cm³/mol. The van der Waals surface area contributed by atoms with Gasteiger partial charge >= 0.3 is 0 Å². The number of hydrogen-bond acceptors (Lipinski definition) is 1. The lowest BCUT2D eigenvalue weighted by atomic mass is 10.2. The largest absolute Gasteiger partial charge is 0.387 e. The molecule has 0 heterocycles. The summed E-state index contributed by atoms with van der Waals surface area (Å²) in [5.74, 6) is 0.601. The van der Waals surface area contributed by atoms with Gasteiger partial charge in [-0.25, -0.2) is 4.99 Å². The Balaban J connectivity index is 2.90. The summed E-state index contributed by atoms with van der Waals surface area (Å²) in [5.41, 5.74) is 7.73. The van der Waals surface area contributed by atoms with E-state index < -0.39 is 0 Å². The van der Waals surface area contributed by atoms with Gasteiger partial charge in [0.1, 0.15) is 5.84 Å². The normalized spacial score (nSPS) is 11.3. The summed E-state index contributed by atoms with van der Waals surface area (Å²) in [7, 11) is 0. The summed E-state index contributed by atoms with van der Waals surface area (Å²) in [5, 5.41) is 0. The van der Waals surface area contributed by atoms with Crippen molar-refractivity contribution in [3.05, 3.63) is 42.5 Å². The van der Waals surface area contributed by atoms with Crippen LogP contribution in [-0.4, -0.2) is 5.84 Å². The summed E-state index contributed by atoms with van der Waals surface area (Å²) >= 11 is 0. The van der Waals surface area contributed by atoms with Crippen LogP contribution in [0.5, 0.6) is 0 Å². The summed E-state index contributed by atoms with van der Waals surface area (Å²) in [6, 6.07) is 7.90. The van der Waals surface area contributed by atoms with Crippen LogP contribution in [0, 0.1) is 6.92 Å². The molecule has 0 radical (unpaired) electrons. The second-order valence-corrected chi connectivity index (χ2v) is 2.88. The monoisotopic (exact) mass is 174 g/mol. The maximum Gasteiger partial charge on any atom is 0.103 e. The van der Waals surface area contributed by atoms with Crippen molar-refractivity contribution in [1.82, 2.24) is 0 Å². The lowest BCUT2D eigenvalue weighted by Crippen LogP contribution is -2.09. The van der Waals surface area contributed by atoms with Crippen molar-refractivity contribution < 1.29 is 0 Å². The van der Waals surface area contributed by atoms with Crippen molar-refractivity contribution in [3.63, 3.8) is 0 Å². The van der Waals surface area contributed by atoms with Crippen LogP contribution in [0.4, 0.5) is 5.69 Å². The van der Waals surface area contributed by atoms with Gasteiger partial charge in [0, 0.05) is 6.42 Å². The summed E-state index contributed by atoms with van der Waals surface area (Å²) < 4.78 is 0. The highest BCUT2D eigenvalue weighted by molar-refractivity contribution is 5.84. The molecule has 0 aliphatic heterocycles. The fourth-order valence-electron chi connectivity index (χ4n) is 1.04. The van der Waals surface area contributed by atoms with Crippen molar-refractivity contribution in [3.8, 4) is 0 Å². The first-order chi connectivity index (χ1) is 6.24. The average molecular weight is 174 g/mol. The van der Waals surface area contributed by atoms with E-state index in [-0.39, 0.29) is 0 Å². The first-order valence-electron chi connectivity index (χ1n) is 4.23. The third-order valence-corrected chi connectivity index (χ3v) is 1.73. The quantitative estimate of drug-likeness (QED) is 0.427. The molecule has 0 aliphatic rings. The molecule has 1 aromatic carbocycles. The highest BCUT2D eigenvalue weighted by Crippen LogP contribution is 2.16. The third kappa shape index (κ3) is 2.75. The van der Waals surface area contributed by atoms with E-state index >= 15 is 0 Å². The second-order valence-electron chi connectivity index (χ2n) is 2.88. The van der Waals surface area contributed by atoms with Crippen LogP contribution in [0.15, 0.2) is 41.9 Å². The summed E-state index contributed by atoms with van der Waals surface area (Å²) in [6.07, 6.45) is 2.38. The molecule has 0 fully saturated rings. The Morgan fingerprint density at radius 1 is 1.54 bits per heavy atom. The molecule has 68 valence electrons. The Labute approximate surface area is 78.8 Å². The van der Waals surface area contributed by atoms with Gasteiger partial charge in [0.2, 0.25) is 0 Å². The van der Waals surface area contributed by atoms with Crippen molar-refractivity contribution in [1.29, 1.82) is 0 Å². The molecule has 1 rings (SSSR count). The van der Waals surface area contributed by atoms with Gasteiger partial charge in [0.05, 0.1) is 5.69 Å². The molecule has 0 unspecified atom stereocenters. The van der Waals surface area contributed by atoms with Gasteiger partial charge in [-0.1, -0.05) is 24.3 Å². The van der Waals surface area contributed by atoms with E-state index in [1.807, 2.05) is 31.2 Å². The van der Waals surface area contributed by atoms with E-state index in [0.717, 1.165) is 11.3 Å². The number of nitrogens with zero attached hydrogens (tertiary/aromatic N) is 1. The third-order valence-electron chi connectivity index (χ3n) is 1.73. The average Bonchev–Trinajstić information content (AvgIpc) is 2.09. The van der Waals surface area contributed by atoms with Crippen LogP contribution < -0.4 is 5.73 Å². The van der Waals surface area contributed by atoms with Crippen LogP contribution in [0.2, 0.25) is 0 Å². The molecular formula is C11H14N2. The van der Waals surface area contributed by atoms with E-state index in [0.29, 0.717) is 12.3 Å². The number of para-hydroxylation sites is 1. The molecule has 2 heteroatoms. The maximum atomic E-state index is 5.66. The standard InChI is InChI=1S/C11H14N2/c1-3-6-11(12)13-10-8-5-4-7-9(10)2/h3-5,7-8H,1,6H2,2H3,(H2,12,13). The number of benzene rings is 1. The zero-order chi connectivity index (χ0) is 9.68. The molecule has 1 aromatic rings. The molecule has 13 heavy (non-hydrogen) atoms. The van der Waals surface area contributed by atoms with Gasteiger partial charge in [-0.15, -0.1) is 6.58 Å². The Kier molecular flexibility index (Phi) is 3.26. The van der Waals surface area contributed by atoms with Crippen LogP contribution in [0.25, 0.3) is 0 Å². The van der Waals surface area contributed by atoms with Crippen LogP contribution in [0.3, 0.4) is 0 Å². The number of hydrogen-bond donors (Lipinski definition) is 1. The van der Waals surface area contributed by atoms with Gasteiger partial charge in [0.15, 0.2) is 0 Å². The van der Waals surface area contributed by atoms with Crippen molar-refractivity contribution >= 4 is 11.5 Å². The van der Waals surface area contributed by atoms with E-state index in [2.05, 4.69) is 11.6 Å². The molecule has 2 nitrogen and oxygen atoms in total. The fraction of sp³-hybridized carbons (Fsp3) is 0.182. The topological polar surface area (TPSA) is 38.4 Å². The first-order valence-corrected chi connectivity index (χ1v) is 4.23. The zero-order valence-corrected chi connectivity index (χ0v) is 7.83. The van der Waals surface area contributed by atoms with Crippen LogP contribution >= 0.6 is 0 Å². The zero-order valence-electron chi connectivity index (χ0n) is 7.83.